The van der Waals surface area contributed by atoms with E-state index in [1.165, 1.54) is 28.0 Å². The third kappa shape index (κ3) is 2.67. The van der Waals surface area contributed by atoms with E-state index in [0.29, 0.717) is 11.2 Å². The number of H-pyrrole nitrogens is 1. The van der Waals surface area contributed by atoms with Crippen molar-refractivity contribution in [2.45, 2.75) is 0 Å². The van der Waals surface area contributed by atoms with Crippen LogP contribution in [-0.4, -0.2) is 40.6 Å². The third-order valence-corrected chi connectivity index (χ3v) is 3.69. The third-order valence-electron chi connectivity index (χ3n) is 3.69. The lowest BCUT2D eigenvalue weighted by atomic mass is 10.2. The molecule has 128 valence electrons. The van der Waals surface area contributed by atoms with Gasteiger partial charge in [0.25, 0.3) is 5.56 Å². The van der Waals surface area contributed by atoms with Crippen molar-refractivity contribution in [1.82, 2.24) is 29.5 Å². The number of aromatic nitrogens is 6. The molecule has 9 heteroatoms. The van der Waals surface area contributed by atoms with Crippen LogP contribution in [0, 0.1) is 0 Å². The quantitative estimate of drug-likeness (QED) is 0.741. The highest BCUT2D eigenvalue weighted by Gasteiger charge is 2.14. The lowest BCUT2D eigenvalue weighted by Gasteiger charge is -2.05. The Balaban J connectivity index is 1.83. The molecule has 0 bridgehead atoms. The normalized spacial score (nSPS) is 13.6. The van der Waals surface area contributed by atoms with Crippen molar-refractivity contribution >= 4 is 22.7 Å². The van der Waals surface area contributed by atoms with E-state index >= 15 is 0 Å². The first-order chi connectivity index (χ1) is 12.6. The zero-order valence-corrected chi connectivity index (χ0v) is 13.3. The van der Waals surface area contributed by atoms with Gasteiger partial charge in [-0.1, -0.05) is 30.4 Å². The molecule has 0 unspecified atom stereocenters. The minimum atomic E-state index is -1.11. The summed E-state index contributed by atoms with van der Waals surface area (Å²) in [6.45, 7) is 0. The van der Waals surface area contributed by atoms with Gasteiger partial charge in [-0.25, -0.2) is 19.1 Å². The van der Waals surface area contributed by atoms with Crippen molar-refractivity contribution in [2.75, 3.05) is 0 Å². The molecule has 3 aromatic rings. The minimum Gasteiger partial charge on any atom is -0.478 e. The van der Waals surface area contributed by atoms with E-state index in [2.05, 4.69) is 20.2 Å². The van der Waals surface area contributed by atoms with Crippen LogP contribution in [0.25, 0.3) is 22.7 Å². The van der Waals surface area contributed by atoms with Gasteiger partial charge in [0.05, 0.1) is 23.7 Å². The number of rotatable bonds is 3. The maximum atomic E-state index is 12.6. The zero-order valence-electron chi connectivity index (χ0n) is 13.3. The number of carbonyl (C=O) groups is 1. The number of hydrogen-bond donors (Lipinski definition) is 2. The van der Waals surface area contributed by atoms with E-state index in [-0.39, 0.29) is 17.0 Å². The van der Waals surface area contributed by atoms with E-state index in [4.69, 9.17) is 5.11 Å². The molecule has 0 fully saturated rings. The van der Waals surface area contributed by atoms with Gasteiger partial charge in [-0.2, -0.15) is 10.2 Å². The van der Waals surface area contributed by atoms with E-state index in [0.717, 1.165) is 0 Å². The number of hydrogen-bond acceptors (Lipinski definition) is 5. The molecule has 0 aliphatic heterocycles. The van der Waals surface area contributed by atoms with Crippen molar-refractivity contribution in [3.63, 3.8) is 0 Å². The Kier molecular flexibility index (Phi) is 3.66. The molecule has 2 N–H and O–H groups in total. The fraction of sp³-hybridized carbons (Fsp3) is 0. The lowest BCUT2D eigenvalue weighted by Crippen LogP contribution is -2.16. The molecule has 0 saturated heterocycles. The van der Waals surface area contributed by atoms with Crippen LogP contribution in [0.2, 0.25) is 0 Å². The van der Waals surface area contributed by atoms with E-state index < -0.39 is 11.5 Å². The summed E-state index contributed by atoms with van der Waals surface area (Å²) < 4.78 is 2.70. The molecule has 0 radical (unpaired) electrons. The first-order valence-electron chi connectivity index (χ1n) is 7.62. The molecule has 3 heterocycles. The lowest BCUT2D eigenvalue weighted by molar-refractivity contribution is 0.0697. The Morgan fingerprint density at radius 2 is 1.88 bits per heavy atom. The number of fused-ring (bicyclic) bond motifs is 1. The Bertz CT molecular complexity index is 1190. The Hall–Kier alpha value is -4.01. The van der Waals surface area contributed by atoms with Crippen molar-refractivity contribution in [3.05, 3.63) is 77.0 Å². The Morgan fingerprint density at radius 3 is 2.69 bits per heavy atom. The van der Waals surface area contributed by atoms with Crippen LogP contribution in [-0.2, 0) is 0 Å². The first kappa shape index (κ1) is 15.5. The van der Waals surface area contributed by atoms with Crippen molar-refractivity contribution in [1.29, 1.82) is 0 Å². The molecule has 0 spiro atoms. The molecule has 0 atom stereocenters. The second-order valence-corrected chi connectivity index (χ2v) is 5.38. The number of aromatic carboxylic acids is 1. The largest absolute Gasteiger partial charge is 0.478 e. The molecular weight excluding hydrogens is 336 g/mol. The van der Waals surface area contributed by atoms with Crippen LogP contribution < -0.4 is 5.56 Å². The second kappa shape index (κ2) is 6.13. The van der Waals surface area contributed by atoms with Gasteiger partial charge in [-0.05, 0) is 12.2 Å². The summed E-state index contributed by atoms with van der Waals surface area (Å²) in [4.78, 5) is 30.5. The standard InChI is InChI=1S/C17H12N6O3/c24-15-14-13(9-19-23(14)12-6-4-2-1-3-5-7-12)20-17(21-15)22-10-11(8-18-22)16(25)26/h1-10H,(H,25,26)(H,20,21,24). The van der Waals surface area contributed by atoms with Gasteiger partial charge in [0.2, 0.25) is 5.95 Å². The van der Waals surface area contributed by atoms with Gasteiger partial charge in [-0.3, -0.25) is 9.78 Å². The van der Waals surface area contributed by atoms with Crippen LogP contribution in [0.5, 0.6) is 0 Å². The smallest absolute Gasteiger partial charge is 0.338 e. The topological polar surface area (TPSA) is 119 Å². The average molecular weight is 348 g/mol. The van der Waals surface area contributed by atoms with E-state index in [1.54, 1.807) is 0 Å². The zero-order chi connectivity index (χ0) is 18.1. The summed E-state index contributed by atoms with van der Waals surface area (Å²) >= 11 is 0. The molecular formula is C17H12N6O3. The summed E-state index contributed by atoms with van der Waals surface area (Å²) in [7, 11) is 0. The summed E-state index contributed by atoms with van der Waals surface area (Å²) in [5, 5.41) is 17.1. The number of nitrogens with one attached hydrogen (secondary N) is 1. The molecule has 26 heavy (non-hydrogen) atoms. The Labute approximate surface area is 145 Å². The van der Waals surface area contributed by atoms with Gasteiger partial charge in [0.1, 0.15) is 5.52 Å². The van der Waals surface area contributed by atoms with Gasteiger partial charge >= 0.3 is 5.97 Å². The predicted octanol–water partition coefficient (Wildman–Crippen LogP) is 1.53. The van der Waals surface area contributed by atoms with E-state index in [9.17, 15) is 9.59 Å². The number of carboxylic acid groups (broad SMARTS) is 1. The number of carboxylic acids is 1. The van der Waals surface area contributed by atoms with Gasteiger partial charge in [0.15, 0.2) is 5.52 Å². The summed E-state index contributed by atoms with van der Waals surface area (Å²) in [6, 6.07) is 0. The highest BCUT2D eigenvalue weighted by atomic mass is 16.4. The number of aromatic amines is 1. The van der Waals surface area contributed by atoms with Crippen LogP contribution in [0.15, 0.2) is 65.9 Å². The SMILES string of the molecule is O=C(O)c1cnn(-c2nc3cnn(C4=CC=CC=CC=C4)c3c(=O)[nH]2)c1. The number of allylic oxidation sites excluding steroid dienone is 8. The predicted molar refractivity (Wildman–Crippen MR) is 93.9 cm³/mol. The molecule has 0 aromatic carbocycles. The van der Waals surface area contributed by atoms with Gasteiger partial charge in [-0.15, -0.1) is 0 Å². The highest BCUT2D eigenvalue weighted by molar-refractivity contribution is 5.87. The maximum Gasteiger partial charge on any atom is 0.338 e. The van der Waals surface area contributed by atoms with Crippen LogP contribution >= 0.6 is 0 Å². The second-order valence-electron chi connectivity index (χ2n) is 5.38. The molecule has 0 amide bonds. The van der Waals surface area contributed by atoms with E-state index in [1.807, 2.05) is 42.5 Å². The van der Waals surface area contributed by atoms with Crippen molar-refractivity contribution in [2.24, 2.45) is 0 Å². The average Bonchev–Trinajstić information content (AvgIpc) is 3.21. The molecule has 3 aromatic heterocycles. The number of nitrogens with zero attached hydrogens (tertiary/aromatic N) is 5. The summed E-state index contributed by atoms with van der Waals surface area (Å²) in [5.74, 6) is -1.00. The molecule has 1 aliphatic rings. The molecule has 9 nitrogen and oxygen atoms in total. The van der Waals surface area contributed by atoms with Gasteiger partial charge in [0, 0.05) is 6.20 Å². The molecule has 4 rings (SSSR count). The van der Waals surface area contributed by atoms with Crippen LogP contribution in [0.1, 0.15) is 10.4 Å². The molecule has 1 aliphatic carbocycles. The van der Waals surface area contributed by atoms with Crippen LogP contribution in [0.3, 0.4) is 0 Å². The van der Waals surface area contributed by atoms with Crippen LogP contribution in [0.4, 0.5) is 0 Å². The minimum absolute atomic E-state index is 0.00639. The fourth-order valence-corrected chi connectivity index (χ4v) is 2.49. The van der Waals surface area contributed by atoms with Crippen molar-refractivity contribution < 1.29 is 9.90 Å². The molecule has 0 saturated carbocycles. The van der Waals surface area contributed by atoms with Crippen molar-refractivity contribution in [3.8, 4) is 5.95 Å². The highest BCUT2D eigenvalue weighted by Crippen LogP contribution is 2.15. The maximum absolute atomic E-state index is 12.6. The summed E-state index contributed by atoms with van der Waals surface area (Å²) in [6.07, 6.45) is 16.9. The van der Waals surface area contributed by atoms with Gasteiger partial charge < -0.3 is 5.11 Å². The monoisotopic (exact) mass is 348 g/mol. The first-order valence-corrected chi connectivity index (χ1v) is 7.62. The summed E-state index contributed by atoms with van der Waals surface area (Å²) in [5.41, 5.74) is 0.937. The Morgan fingerprint density at radius 1 is 1.08 bits per heavy atom. The fourth-order valence-electron chi connectivity index (χ4n) is 2.49.